The van der Waals surface area contributed by atoms with Crippen LogP contribution in [0.4, 0.5) is 5.69 Å². The van der Waals surface area contributed by atoms with E-state index in [9.17, 15) is 14.4 Å². The predicted octanol–water partition coefficient (Wildman–Crippen LogP) is 3.62. The average Bonchev–Trinajstić information content (AvgIpc) is 3.48. The molecule has 0 aromatic heterocycles. The third kappa shape index (κ3) is 3.65. The molecule has 2 aliphatic heterocycles. The number of hydrogen-bond acceptors (Lipinski definition) is 5. The minimum atomic E-state index is -1.50. The highest BCUT2D eigenvalue weighted by Crippen LogP contribution is 2.45. The third-order valence-corrected chi connectivity index (χ3v) is 7.39. The summed E-state index contributed by atoms with van der Waals surface area (Å²) < 4.78 is 5.22. The average molecular weight is 500 g/mol. The summed E-state index contributed by atoms with van der Waals surface area (Å²) in [6.07, 6.45) is 0. The van der Waals surface area contributed by atoms with Crippen molar-refractivity contribution in [2.75, 3.05) is 31.6 Å². The molecule has 5 rings (SSSR count). The lowest BCUT2D eigenvalue weighted by Crippen LogP contribution is -2.65. The van der Waals surface area contributed by atoms with E-state index in [1.54, 1.807) is 58.3 Å². The minimum Gasteiger partial charge on any atom is -0.469 e. The highest BCUT2D eigenvalue weighted by Gasteiger charge is 2.67. The highest BCUT2D eigenvalue weighted by molar-refractivity contribution is 7.80. The molecule has 182 valence electrons. The summed E-state index contributed by atoms with van der Waals surface area (Å²) in [6, 6.07) is 27.1. The van der Waals surface area contributed by atoms with Crippen molar-refractivity contribution in [1.29, 1.82) is 0 Å². The molecule has 1 unspecified atom stereocenters. The molecule has 36 heavy (non-hydrogen) atoms. The van der Waals surface area contributed by atoms with Crippen molar-refractivity contribution in [3.05, 3.63) is 102 Å². The van der Waals surface area contributed by atoms with Gasteiger partial charge in [-0.1, -0.05) is 66.8 Å². The van der Waals surface area contributed by atoms with E-state index in [1.807, 2.05) is 47.4 Å². The second-order valence-electron chi connectivity index (χ2n) is 8.70. The topological polar surface area (TPSA) is 70.2 Å². The Morgan fingerprint density at radius 2 is 1.22 bits per heavy atom. The van der Waals surface area contributed by atoms with Crippen LogP contribution in [0.1, 0.15) is 20.7 Å². The van der Waals surface area contributed by atoms with Crippen molar-refractivity contribution in [3.63, 3.8) is 0 Å². The summed E-state index contributed by atoms with van der Waals surface area (Å²) in [5.74, 6) is -2.04. The second kappa shape index (κ2) is 9.54. The van der Waals surface area contributed by atoms with Gasteiger partial charge in [-0.3, -0.25) is 14.4 Å². The van der Waals surface area contributed by atoms with Crippen LogP contribution in [0.15, 0.2) is 91.0 Å². The lowest BCUT2D eigenvalue weighted by Gasteiger charge is -2.43. The number of carbonyl (C=O) groups excluding carboxylic acids is 3. The van der Waals surface area contributed by atoms with Gasteiger partial charge in [-0.05, 0) is 36.4 Å². The molecule has 2 aliphatic rings. The first kappa shape index (κ1) is 23.7. The number of benzene rings is 3. The second-order valence-corrected chi connectivity index (χ2v) is 9.09. The van der Waals surface area contributed by atoms with Gasteiger partial charge in [0.25, 0.3) is 11.8 Å². The van der Waals surface area contributed by atoms with Crippen molar-refractivity contribution in [3.8, 4) is 0 Å². The monoisotopic (exact) mass is 499 g/mol. The van der Waals surface area contributed by atoms with Crippen LogP contribution in [0.3, 0.4) is 0 Å². The number of para-hydroxylation sites is 1. The predicted molar refractivity (Wildman–Crippen MR) is 140 cm³/mol. The first-order valence-corrected chi connectivity index (χ1v) is 12.1. The summed E-state index contributed by atoms with van der Waals surface area (Å²) in [5.41, 5.74) is 0.184. The molecule has 0 saturated carbocycles. The fourth-order valence-electron chi connectivity index (χ4n) is 5.23. The first-order chi connectivity index (χ1) is 17.5. The SMILES string of the molecule is COC(=O)C1CN(c2ccccc2)C(=S)C12N(C(=O)c1ccccc1)CCN2C(=O)c1ccccc1. The van der Waals surface area contributed by atoms with E-state index < -0.39 is 17.6 Å². The molecule has 3 aromatic carbocycles. The molecule has 2 amide bonds. The Morgan fingerprint density at radius 1 is 0.778 bits per heavy atom. The fraction of sp³-hybridized carbons (Fsp3) is 0.214. The van der Waals surface area contributed by atoms with Crippen LogP contribution in [-0.4, -0.2) is 65.0 Å². The Morgan fingerprint density at radius 3 is 1.67 bits per heavy atom. The van der Waals surface area contributed by atoms with Crippen LogP contribution in [0.25, 0.3) is 0 Å². The van der Waals surface area contributed by atoms with Crippen LogP contribution in [-0.2, 0) is 9.53 Å². The molecular formula is C28H25N3O4S. The quantitative estimate of drug-likeness (QED) is 0.404. The lowest BCUT2D eigenvalue weighted by atomic mass is 9.92. The summed E-state index contributed by atoms with van der Waals surface area (Å²) in [5, 5.41) is 0. The molecule has 7 nitrogen and oxygen atoms in total. The Hall–Kier alpha value is -4.04. The Labute approximate surface area is 214 Å². The van der Waals surface area contributed by atoms with Crippen molar-refractivity contribution < 1.29 is 19.1 Å². The largest absolute Gasteiger partial charge is 0.469 e. The molecule has 1 spiro atoms. The van der Waals surface area contributed by atoms with Crippen LogP contribution in [0, 0.1) is 5.92 Å². The number of esters is 1. The maximum atomic E-state index is 13.9. The summed E-state index contributed by atoms with van der Waals surface area (Å²) in [7, 11) is 1.31. The van der Waals surface area contributed by atoms with E-state index in [0.29, 0.717) is 16.1 Å². The number of thiocarbonyl (C=S) groups is 1. The van der Waals surface area contributed by atoms with Gasteiger partial charge >= 0.3 is 5.97 Å². The standard InChI is InChI=1S/C28H25N3O4S/c1-35-26(34)23-19-29(22-15-9-4-10-16-22)27(36)28(23)30(24(32)20-11-5-2-6-12-20)17-18-31(28)25(33)21-13-7-3-8-14-21/h2-16,23H,17-19H2,1H3. The van der Waals surface area contributed by atoms with E-state index in [4.69, 9.17) is 17.0 Å². The van der Waals surface area contributed by atoms with Crippen LogP contribution < -0.4 is 4.90 Å². The normalized spacial score (nSPS) is 18.5. The fourth-order valence-corrected chi connectivity index (χ4v) is 5.77. The Bertz CT molecular complexity index is 1240. The highest BCUT2D eigenvalue weighted by atomic mass is 32.1. The zero-order chi connectivity index (χ0) is 25.3. The van der Waals surface area contributed by atoms with Gasteiger partial charge in [-0.25, -0.2) is 0 Å². The van der Waals surface area contributed by atoms with Crippen molar-refractivity contribution in [2.45, 2.75) is 5.66 Å². The van der Waals surface area contributed by atoms with Crippen LogP contribution >= 0.6 is 12.2 Å². The molecule has 0 N–H and O–H groups in total. The molecular weight excluding hydrogens is 474 g/mol. The number of amides is 2. The molecule has 0 bridgehead atoms. The number of carbonyl (C=O) groups is 3. The molecule has 3 aromatic rings. The summed E-state index contributed by atoms with van der Waals surface area (Å²) in [4.78, 5) is 46.5. The Kier molecular flexibility index (Phi) is 6.28. The van der Waals surface area contributed by atoms with Gasteiger partial charge in [-0.2, -0.15) is 0 Å². The Balaban J connectivity index is 1.69. The third-order valence-electron chi connectivity index (χ3n) is 6.87. The van der Waals surface area contributed by atoms with Crippen LogP contribution in [0.2, 0.25) is 0 Å². The maximum absolute atomic E-state index is 13.9. The zero-order valence-corrected chi connectivity index (χ0v) is 20.6. The van der Waals surface area contributed by atoms with Gasteiger partial charge in [0.1, 0.15) is 10.9 Å². The molecule has 1 atom stereocenters. The molecule has 2 fully saturated rings. The summed E-state index contributed by atoms with van der Waals surface area (Å²) in [6.45, 7) is 0.623. The van der Waals surface area contributed by atoms with Gasteiger partial charge in [-0.15, -0.1) is 0 Å². The van der Waals surface area contributed by atoms with E-state index in [0.717, 1.165) is 5.69 Å². The van der Waals surface area contributed by atoms with Gasteiger partial charge in [0.2, 0.25) is 0 Å². The number of anilines is 1. The molecule has 2 saturated heterocycles. The van der Waals surface area contributed by atoms with Crippen molar-refractivity contribution in [1.82, 2.24) is 9.80 Å². The minimum absolute atomic E-state index is 0.173. The van der Waals surface area contributed by atoms with E-state index in [-0.39, 0.29) is 31.4 Å². The van der Waals surface area contributed by atoms with E-state index in [1.165, 1.54) is 7.11 Å². The molecule has 8 heteroatoms. The van der Waals surface area contributed by atoms with E-state index >= 15 is 0 Å². The molecule has 0 aliphatic carbocycles. The van der Waals surface area contributed by atoms with Crippen LogP contribution in [0.5, 0.6) is 0 Å². The zero-order valence-electron chi connectivity index (χ0n) is 19.7. The van der Waals surface area contributed by atoms with Crippen molar-refractivity contribution >= 4 is 40.7 Å². The smallest absolute Gasteiger partial charge is 0.315 e. The summed E-state index contributed by atoms with van der Waals surface area (Å²) >= 11 is 6.06. The van der Waals surface area contributed by atoms with Gasteiger partial charge in [0.05, 0.1) is 7.11 Å². The number of methoxy groups -OCH3 is 1. The molecule has 0 radical (unpaired) electrons. The first-order valence-electron chi connectivity index (χ1n) is 11.7. The lowest BCUT2D eigenvalue weighted by molar-refractivity contribution is -0.149. The van der Waals surface area contributed by atoms with E-state index in [2.05, 4.69) is 0 Å². The number of hydrogen-bond donors (Lipinski definition) is 0. The maximum Gasteiger partial charge on any atom is 0.315 e. The molecule has 2 heterocycles. The van der Waals surface area contributed by atoms with Crippen molar-refractivity contribution in [2.24, 2.45) is 5.92 Å². The van der Waals surface area contributed by atoms with Gasteiger partial charge in [0.15, 0.2) is 5.66 Å². The number of rotatable bonds is 4. The number of ether oxygens (including phenoxy) is 1. The van der Waals surface area contributed by atoms with Gasteiger partial charge in [0, 0.05) is 36.4 Å². The number of nitrogens with zero attached hydrogens (tertiary/aromatic N) is 3. The van der Waals surface area contributed by atoms with Gasteiger partial charge < -0.3 is 19.4 Å².